The van der Waals surface area contributed by atoms with E-state index in [1.54, 1.807) is 0 Å². The smallest absolute Gasteiger partial charge is 0.240 e. The second kappa shape index (κ2) is 4.60. The van der Waals surface area contributed by atoms with E-state index in [0.717, 1.165) is 25.8 Å². The van der Waals surface area contributed by atoms with Crippen LogP contribution in [0.3, 0.4) is 0 Å². The zero-order valence-electron chi connectivity index (χ0n) is 11.4. The Bertz CT molecular complexity index is 293. The Hall–Kier alpha value is -0.570. The van der Waals surface area contributed by atoms with Gasteiger partial charge in [0, 0.05) is 6.04 Å². The molecule has 0 aromatic heterocycles. The summed E-state index contributed by atoms with van der Waals surface area (Å²) >= 11 is 0. The van der Waals surface area contributed by atoms with E-state index in [2.05, 4.69) is 24.5 Å². The highest BCUT2D eigenvalue weighted by atomic mass is 16.2. The molecule has 0 radical (unpaired) electrons. The lowest BCUT2D eigenvalue weighted by Gasteiger charge is -2.40. The maximum Gasteiger partial charge on any atom is 0.240 e. The molecule has 1 aliphatic carbocycles. The molecule has 1 heterocycles. The number of carbonyl (C=O) groups excluding carboxylic acids is 1. The molecule has 2 N–H and O–H groups in total. The van der Waals surface area contributed by atoms with E-state index in [4.69, 9.17) is 0 Å². The molecule has 0 bridgehead atoms. The minimum Gasteiger partial charge on any atom is -0.351 e. The molecule has 2 unspecified atom stereocenters. The van der Waals surface area contributed by atoms with Gasteiger partial charge >= 0.3 is 0 Å². The molecular formula is C14H26N2O. The number of amides is 1. The summed E-state index contributed by atoms with van der Waals surface area (Å²) in [5.41, 5.74) is -0.0730. The largest absolute Gasteiger partial charge is 0.351 e. The van der Waals surface area contributed by atoms with E-state index in [1.807, 2.05) is 6.92 Å². The first kappa shape index (κ1) is 12.9. The molecule has 1 saturated heterocycles. The number of nitrogens with one attached hydrogen (secondary N) is 2. The Morgan fingerprint density at radius 2 is 1.94 bits per heavy atom. The normalized spacial score (nSPS) is 36.8. The van der Waals surface area contributed by atoms with Crippen LogP contribution in [0.4, 0.5) is 0 Å². The van der Waals surface area contributed by atoms with E-state index in [0.29, 0.717) is 6.04 Å². The first-order valence-electron chi connectivity index (χ1n) is 7.00. The summed E-state index contributed by atoms with van der Waals surface area (Å²) in [5.74, 6) is 0.204. The molecule has 0 aromatic rings. The number of hydrogen-bond acceptors (Lipinski definition) is 2. The van der Waals surface area contributed by atoms with E-state index >= 15 is 0 Å². The van der Waals surface area contributed by atoms with Crippen LogP contribution in [0.2, 0.25) is 0 Å². The lowest BCUT2D eigenvalue weighted by molar-refractivity contribution is -0.128. The third-order valence-electron chi connectivity index (χ3n) is 4.68. The van der Waals surface area contributed by atoms with Crippen molar-refractivity contribution < 1.29 is 4.79 Å². The highest BCUT2D eigenvalue weighted by Crippen LogP contribution is 2.35. The molecule has 3 heteroatoms. The van der Waals surface area contributed by atoms with Gasteiger partial charge in [-0.25, -0.2) is 0 Å². The Morgan fingerprint density at radius 1 is 1.18 bits per heavy atom. The molecule has 17 heavy (non-hydrogen) atoms. The van der Waals surface area contributed by atoms with Crippen molar-refractivity contribution >= 4 is 5.91 Å². The van der Waals surface area contributed by atoms with Crippen molar-refractivity contribution in [2.75, 3.05) is 6.54 Å². The summed E-state index contributed by atoms with van der Waals surface area (Å²) in [6.45, 7) is 7.56. The van der Waals surface area contributed by atoms with Gasteiger partial charge in [0.1, 0.15) is 0 Å². The minimum absolute atomic E-state index is 0.204. The molecule has 98 valence electrons. The summed E-state index contributed by atoms with van der Waals surface area (Å²) in [6.07, 6.45) is 6.98. The Kier molecular flexibility index (Phi) is 3.48. The van der Waals surface area contributed by atoms with Gasteiger partial charge in [-0.2, -0.15) is 0 Å². The van der Waals surface area contributed by atoms with Crippen LogP contribution < -0.4 is 10.6 Å². The van der Waals surface area contributed by atoms with Crippen LogP contribution in [0.15, 0.2) is 0 Å². The molecule has 1 amide bonds. The SMILES string of the molecule is CC1(C(=O)NC2CCCCC2(C)C)CCCN1. The van der Waals surface area contributed by atoms with Crippen LogP contribution in [-0.2, 0) is 4.79 Å². The Morgan fingerprint density at radius 3 is 2.53 bits per heavy atom. The van der Waals surface area contributed by atoms with Gasteiger partial charge in [0.15, 0.2) is 0 Å². The summed E-state index contributed by atoms with van der Waals surface area (Å²) in [6, 6.07) is 0.350. The maximum absolute atomic E-state index is 12.3. The fourth-order valence-corrected chi connectivity index (χ4v) is 3.17. The molecular weight excluding hydrogens is 212 g/mol. The molecule has 1 saturated carbocycles. The summed E-state index contributed by atoms with van der Waals surface area (Å²) < 4.78 is 0. The first-order valence-corrected chi connectivity index (χ1v) is 7.00. The highest BCUT2D eigenvalue weighted by molar-refractivity contribution is 5.86. The molecule has 0 spiro atoms. The summed E-state index contributed by atoms with van der Waals surface area (Å²) in [4.78, 5) is 12.3. The predicted molar refractivity (Wildman–Crippen MR) is 69.8 cm³/mol. The third-order valence-corrected chi connectivity index (χ3v) is 4.68. The quantitative estimate of drug-likeness (QED) is 0.774. The Labute approximate surface area is 105 Å². The second-order valence-electron chi connectivity index (χ2n) is 6.62. The van der Waals surface area contributed by atoms with Crippen molar-refractivity contribution in [3.8, 4) is 0 Å². The second-order valence-corrected chi connectivity index (χ2v) is 6.62. The van der Waals surface area contributed by atoms with E-state index in [9.17, 15) is 4.79 Å². The van der Waals surface area contributed by atoms with Crippen LogP contribution in [0.5, 0.6) is 0 Å². The van der Waals surface area contributed by atoms with Crippen LogP contribution in [0.25, 0.3) is 0 Å². The minimum atomic E-state index is -0.326. The average molecular weight is 238 g/mol. The van der Waals surface area contributed by atoms with Crippen LogP contribution in [0, 0.1) is 5.41 Å². The van der Waals surface area contributed by atoms with Crippen molar-refractivity contribution in [3.63, 3.8) is 0 Å². The molecule has 1 aliphatic heterocycles. The van der Waals surface area contributed by atoms with Gasteiger partial charge in [-0.05, 0) is 44.6 Å². The number of rotatable bonds is 2. The Balaban J connectivity index is 1.98. The van der Waals surface area contributed by atoms with Crippen molar-refractivity contribution in [2.24, 2.45) is 5.41 Å². The van der Waals surface area contributed by atoms with Crippen molar-refractivity contribution in [3.05, 3.63) is 0 Å². The van der Waals surface area contributed by atoms with Crippen molar-refractivity contribution in [2.45, 2.75) is 70.9 Å². The lowest BCUT2D eigenvalue weighted by atomic mass is 9.73. The van der Waals surface area contributed by atoms with Gasteiger partial charge in [-0.1, -0.05) is 26.7 Å². The fraction of sp³-hybridized carbons (Fsp3) is 0.929. The molecule has 2 atom stereocenters. The predicted octanol–water partition coefficient (Wildman–Crippen LogP) is 2.21. The average Bonchev–Trinajstić information content (AvgIpc) is 2.69. The van der Waals surface area contributed by atoms with E-state index in [-0.39, 0.29) is 16.9 Å². The third kappa shape index (κ3) is 2.65. The topological polar surface area (TPSA) is 41.1 Å². The van der Waals surface area contributed by atoms with Gasteiger partial charge < -0.3 is 10.6 Å². The van der Waals surface area contributed by atoms with Crippen molar-refractivity contribution in [1.82, 2.24) is 10.6 Å². The molecule has 0 aromatic carbocycles. The van der Waals surface area contributed by atoms with Crippen molar-refractivity contribution in [1.29, 1.82) is 0 Å². The molecule has 2 rings (SSSR count). The zero-order chi connectivity index (χ0) is 12.5. The van der Waals surface area contributed by atoms with Crippen LogP contribution >= 0.6 is 0 Å². The van der Waals surface area contributed by atoms with Gasteiger partial charge in [0.05, 0.1) is 5.54 Å². The number of carbonyl (C=O) groups is 1. The lowest BCUT2D eigenvalue weighted by Crippen LogP contribution is -2.57. The maximum atomic E-state index is 12.3. The zero-order valence-corrected chi connectivity index (χ0v) is 11.4. The van der Waals surface area contributed by atoms with E-state index in [1.165, 1.54) is 19.3 Å². The first-order chi connectivity index (χ1) is 7.94. The summed E-state index contributed by atoms with van der Waals surface area (Å²) in [7, 11) is 0. The molecule has 2 aliphatic rings. The molecule has 3 nitrogen and oxygen atoms in total. The monoisotopic (exact) mass is 238 g/mol. The van der Waals surface area contributed by atoms with Gasteiger partial charge in [-0.3, -0.25) is 4.79 Å². The van der Waals surface area contributed by atoms with Gasteiger partial charge in [-0.15, -0.1) is 0 Å². The van der Waals surface area contributed by atoms with Gasteiger partial charge in [0.2, 0.25) is 5.91 Å². The van der Waals surface area contributed by atoms with Crippen LogP contribution in [-0.4, -0.2) is 24.0 Å². The standard InChI is InChI=1S/C14H26N2O/c1-13(2)8-5-4-7-11(13)16-12(17)14(3)9-6-10-15-14/h11,15H,4-10H2,1-3H3,(H,16,17). The fourth-order valence-electron chi connectivity index (χ4n) is 3.17. The van der Waals surface area contributed by atoms with E-state index < -0.39 is 0 Å². The van der Waals surface area contributed by atoms with Gasteiger partial charge in [0.25, 0.3) is 0 Å². The summed E-state index contributed by atoms with van der Waals surface area (Å²) in [5, 5.41) is 6.63. The molecule has 2 fully saturated rings. The highest BCUT2D eigenvalue weighted by Gasteiger charge is 2.40. The number of hydrogen-bond donors (Lipinski definition) is 2. The van der Waals surface area contributed by atoms with Crippen LogP contribution in [0.1, 0.15) is 59.3 Å².